The zero-order valence-corrected chi connectivity index (χ0v) is 16.4. The molecule has 2 aromatic rings. The van der Waals surface area contributed by atoms with Crippen molar-refractivity contribution in [3.63, 3.8) is 0 Å². The lowest BCUT2D eigenvalue weighted by molar-refractivity contribution is -0.125. The predicted molar refractivity (Wildman–Crippen MR) is 108 cm³/mol. The fourth-order valence-electron chi connectivity index (χ4n) is 4.40. The number of piperidine rings is 1. The Balaban J connectivity index is 1.83. The minimum Gasteiger partial charge on any atom is -0.363 e. The van der Waals surface area contributed by atoms with Gasteiger partial charge in [-0.1, -0.05) is 42.3 Å². The largest absolute Gasteiger partial charge is 0.363 e. The number of ketones is 1. The van der Waals surface area contributed by atoms with Crippen molar-refractivity contribution in [1.82, 2.24) is 5.32 Å². The summed E-state index contributed by atoms with van der Waals surface area (Å²) in [5, 5.41) is 11.2. The van der Waals surface area contributed by atoms with E-state index in [0.717, 1.165) is 24.5 Å². The van der Waals surface area contributed by atoms with E-state index in [1.165, 1.54) is 12.1 Å². The van der Waals surface area contributed by atoms with Crippen LogP contribution >= 0.6 is 0 Å². The molecule has 1 saturated heterocycles. The Bertz CT molecular complexity index is 1050. The molecule has 29 heavy (non-hydrogen) atoms. The molecule has 1 unspecified atom stereocenters. The van der Waals surface area contributed by atoms with Crippen molar-refractivity contribution in [2.45, 2.75) is 43.6 Å². The Morgan fingerprint density at radius 2 is 1.83 bits per heavy atom. The first-order chi connectivity index (χ1) is 13.7. The summed E-state index contributed by atoms with van der Waals surface area (Å²) >= 11 is 0. The molecule has 0 radical (unpaired) electrons. The molecule has 0 amide bonds. The normalized spacial score (nSPS) is 27.8. The highest BCUT2D eigenvalue weighted by atomic mass is 19.2. The number of Topliss-reactive ketones (excluding diaryl/α,β-unsaturated/α-hetero) is 1. The molecule has 4 rings (SSSR count). The van der Waals surface area contributed by atoms with Crippen LogP contribution in [0.3, 0.4) is 0 Å². The number of hydrogen-bond acceptors (Lipinski definition) is 2. The van der Waals surface area contributed by atoms with E-state index in [2.05, 4.69) is 11.2 Å². The van der Waals surface area contributed by atoms with Gasteiger partial charge in [-0.25, -0.2) is 8.78 Å². The van der Waals surface area contributed by atoms with E-state index in [0.29, 0.717) is 5.56 Å². The van der Waals surface area contributed by atoms with Crippen LogP contribution in [0.15, 0.2) is 42.5 Å². The van der Waals surface area contributed by atoms with Crippen molar-refractivity contribution < 1.29 is 13.6 Å². The van der Waals surface area contributed by atoms with E-state index in [4.69, 9.17) is 11.8 Å². The second-order valence-corrected chi connectivity index (χ2v) is 8.25. The smallest absolute Gasteiger partial charge is 0.164 e. The lowest BCUT2D eigenvalue weighted by Gasteiger charge is -2.45. The van der Waals surface area contributed by atoms with Crippen LogP contribution in [0.5, 0.6) is 0 Å². The summed E-state index contributed by atoms with van der Waals surface area (Å²) in [5.74, 6) is -0.795. The Morgan fingerprint density at radius 3 is 2.41 bits per heavy atom. The Labute approximate surface area is 169 Å². The molecule has 0 aromatic heterocycles. The van der Waals surface area contributed by atoms with Crippen LogP contribution in [-0.4, -0.2) is 11.6 Å². The molecule has 2 aliphatic rings. The zero-order chi connectivity index (χ0) is 21.0. The van der Waals surface area contributed by atoms with Gasteiger partial charge in [-0.15, -0.1) is 6.42 Å². The van der Waals surface area contributed by atoms with Crippen molar-refractivity contribution in [2.24, 2.45) is 5.92 Å². The van der Waals surface area contributed by atoms with Crippen molar-refractivity contribution in [1.29, 1.82) is 5.41 Å². The van der Waals surface area contributed by atoms with E-state index in [9.17, 15) is 13.6 Å². The standard InChI is InChI=1S/C24H22F2N2O/c1-4-24(12-13-24)16-10-8-15(9-11-16)19-21(29)14(2)22(27)28-23(19,3)17-6-5-7-18(25)20(17)26/h1,5-11,14,19H,12-13H2,2-3H3,(H2,27,28)/t14?,19-,23+/m0/s1. The van der Waals surface area contributed by atoms with Crippen LogP contribution in [0.1, 0.15) is 49.3 Å². The molecule has 148 valence electrons. The maximum Gasteiger partial charge on any atom is 0.164 e. The molecule has 2 N–H and O–H groups in total. The fourth-order valence-corrected chi connectivity index (χ4v) is 4.40. The number of terminal acetylenes is 1. The molecule has 1 saturated carbocycles. The van der Waals surface area contributed by atoms with Gasteiger partial charge in [0, 0.05) is 5.56 Å². The Morgan fingerprint density at radius 1 is 1.17 bits per heavy atom. The van der Waals surface area contributed by atoms with Gasteiger partial charge in [0.05, 0.1) is 22.8 Å². The van der Waals surface area contributed by atoms with E-state index >= 15 is 0 Å². The summed E-state index contributed by atoms with van der Waals surface area (Å²) in [6, 6.07) is 11.4. The lowest BCUT2D eigenvalue weighted by Crippen LogP contribution is -2.58. The van der Waals surface area contributed by atoms with E-state index in [1.807, 2.05) is 24.3 Å². The minimum atomic E-state index is -1.29. The SMILES string of the molecule is C#CC1(c2ccc([C@H]3C(=O)C(C)C(=N)N[C@]3(C)c3cccc(F)c3F)cc2)CC1. The predicted octanol–water partition coefficient (Wildman–Crippen LogP) is 4.41. The average molecular weight is 392 g/mol. The maximum atomic E-state index is 14.7. The van der Waals surface area contributed by atoms with E-state index < -0.39 is 29.0 Å². The van der Waals surface area contributed by atoms with Crippen molar-refractivity contribution in [3.8, 4) is 12.3 Å². The van der Waals surface area contributed by atoms with Gasteiger partial charge in [0.15, 0.2) is 17.4 Å². The minimum absolute atomic E-state index is 0.00158. The summed E-state index contributed by atoms with van der Waals surface area (Å²) < 4.78 is 28.7. The van der Waals surface area contributed by atoms with Crippen LogP contribution in [0.4, 0.5) is 8.78 Å². The molecule has 2 aromatic carbocycles. The van der Waals surface area contributed by atoms with Crippen LogP contribution in [0.2, 0.25) is 0 Å². The number of hydrogen-bond donors (Lipinski definition) is 2. The molecule has 1 aliphatic heterocycles. The van der Waals surface area contributed by atoms with Crippen LogP contribution in [0, 0.1) is 35.3 Å². The van der Waals surface area contributed by atoms with Crippen molar-refractivity contribution in [3.05, 3.63) is 70.8 Å². The Hall–Kier alpha value is -3.00. The molecule has 1 heterocycles. The van der Waals surface area contributed by atoms with Gasteiger partial charge in [-0.05, 0) is 43.9 Å². The summed E-state index contributed by atoms with van der Waals surface area (Å²) in [6.45, 7) is 3.30. The second-order valence-electron chi connectivity index (χ2n) is 8.25. The quantitative estimate of drug-likeness (QED) is 0.760. The maximum absolute atomic E-state index is 14.7. The van der Waals surface area contributed by atoms with Crippen LogP contribution in [-0.2, 0) is 15.7 Å². The summed E-state index contributed by atoms with van der Waals surface area (Å²) in [6.07, 6.45) is 7.55. The third kappa shape index (κ3) is 2.86. The van der Waals surface area contributed by atoms with Gasteiger partial charge >= 0.3 is 0 Å². The van der Waals surface area contributed by atoms with Gasteiger partial charge in [0.2, 0.25) is 0 Å². The van der Waals surface area contributed by atoms with E-state index in [-0.39, 0.29) is 22.6 Å². The lowest BCUT2D eigenvalue weighted by atomic mass is 9.67. The average Bonchev–Trinajstić information content (AvgIpc) is 3.50. The highest BCUT2D eigenvalue weighted by Crippen LogP contribution is 2.48. The first-order valence-electron chi connectivity index (χ1n) is 9.66. The van der Waals surface area contributed by atoms with Gasteiger partial charge in [0.25, 0.3) is 0 Å². The van der Waals surface area contributed by atoms with Gasteiger partial charge in [0.1, 0.15) is 5.84 Å². The summed E-state index contributed by atoms with van der Waals surface area (Å²) in [7, 11) is 0. The zero-order valence-electron chi connectivity index (χ0n) is 16.4. The number of amidine groups is 1. The van der Waals surface area contributed by atoms with Gasteiger partial charge in [-0.3, -0.25) is 10.2 Å². The number of carbonyl (C=O) groups is 1. The molecule has 0 bridgehead atoms. The molecule has 0 spiro atoms. The molecular weight excluding hydrogens is 370 g/mol. The molecule has 3 atom stereocenters. The summed E-state index contributed by atoms with van der Waals surface area (Å²) in [5.41, 5.74) is 0.223. The first-order valence-corrected chi connectivity index (χ1v) is 9.66. The van der Waals surface area contributed by atoms with Crippen molar-refractivity contribution >= 4 is 11.6 Å². The highest BCUT2D eigenvalue weighted by molar-refractivity contribution is 6.08. The second kappa shape index (κ2) is 6.52. The van der Waals surface area contributed by atoms with Crippen LogP contribution in [0.25, 0.3) is 0 Å². The van der Waals surface area contributed by atoms with E-state index in [1.54, 1.807) is 13.8 Å². The van der Waals surface area contributed by atoms with Crippen molar-refractivity contribution in [2.75, 3.05) is 0 Å². The molecule has 5 heteroatoms. The van der Waals surface area contributed by atoms with Gasteiger partial charge < -0.3 is 5.32 Å². The number of carbonyl (C=O) groups excluding carboxylic acids is 1. The summed E-state index contributed by atoms with van der Waals surface area (Å²) in [4.78, 5) is 13.2. The monoisotopic (exact) mass is 392 g/mol. The molecular formula is C24H22F2N2O. The third-order valence-electron chi connectivity index (χ3n) is 6.45. The number of halogens is 2. The topological polar surface area (TPSA) is 53.0 Å². The van der Waals surface area contributed by atoms with Crippen LogP contribution < -0.4 is 5.32 Å². The third-order valence-corrected chi connectivity index (χ3v) is 6.45. The molecule has 3 nitrogen and oxygen atoms in total. The molecule has 1 aliphatic carbocycles. The van der Waals surface area contributed by atoms with Gasteiger partial charge in [-0.2, -0.15) is 0 Å². The number of benzene rings is 2. The molecule has 2 fully saturated rings. The Kier molecular flexibility index (Phi) is 4.34. The number of nitrogens with one attached hydrogen (secondary N) is 2. The number of rotatable bonds is 3. The highest BCUT2D eigenvalue weighted by Gasteiger charge is 2.50. The first kappa shape index (κ1) is 19.3. The fraction of sp³-hybridized carbons (Fsp3) is 0.333.